The summed E-state index contributed by atoms with van der Waals surface area (Å²) in [5, 5.41) is 9.85. The topological polar surface area (TPSA) is 46.2 Å². The summed E-state index contributed by atoms with van der Waals surface area (Å²) >= 11 is 0. The van der Waals surface area contributed by atoms with Gasteiger partial charge in [-0.25, -0.2) is 0 Å². The van der Waals surface area contributed by atoms with Crippen LogP contribution in [-0.4, -0.2) is 11.2 Å². The van der Waals surface area contributed by atoms with Crippen LogP contribution in [0.5, 0.6) is 0 Å². The van der Waals surface area contributed by atoms with Crippen molar-refractivity contribution in [3.05, 3.63) is 29.3 Å². The van der Waals surface area contributed by atoms with Crippen LogP contribution in [0.2, 0.25) is 0 Å². The third kappa shape index (κ3) is 3.80. The minimum Gasteiger partial charge on any atom is -0.398 e. The van der Waals surface area contributed by atoms with Gasteiger partial charge in [-0.2, -0.15) is 0 Å². The van der Waals surface area contributed by atoms with Crippen LogP contribution in [0.4, 0.5) is 5.69 Å². The molecule has 0 heterocycles. The lowest BCUT2D eigenvalue weighted by Crippen LogP contribution is -2.23. The van der Waals surface area contributed by atoms with E-state index in [1.807, 2.05) is 39.0 Å². The molecule has 92 valence electrons. The zero-order valence-electron chi connectivity index (χ0n) is 11.0. The molecule has 0 saturated carbocycles. The van der Waals surface area contributed by atoms with E-state index in [4.69, 9.17) is 5.73 Å². The first-order valence-electron chi connectivity index (χ1n) is 5.92. The van der Waals surface area contributed by atoms with Gasteiger partial charge in [-0.3, -0.25) is 0 Å². The number of aliphatic hydroxyl groups excluding tert-OH is 1. The Morgan fingerprint density at radius 3 is 2.53 bits per heavy atom. The van der Waals surface area contributed by atoms with Crippen molar-refractivity contribution in [3.63, 3.8) is 0 Å². The van der Waals surface area contributed by atoms with Gasteiger partial charge in [0, 0.05) is 11.3 Å². The van der Waals surface area contributed by atoms with Gasteiger partial charge in [0.15, 0.2) is 0 Å². The zero-order chi connectivity index (χ0) is 13.1. The molecule has 2 nitrogen and oxygen atoms in total. The number of hydrogen-bond donors (Lipinski definition) is 2. The van der Waals surface area contributed by atoms with Gasteiger partial charge in [0.1, 0.15) is 6.10 Å². The van der Waals surface area contributed by atoms with Crippen LogP contribution in [0.15, 0.2) is 18.2 Å². The van der Waals surface area contributed by atoms with Crippen LogP contribution < -0.4 is 5.73 Å². The lowest BCUT2D eigenvalue weighted by atomic mass is 9.89. The SMILES string of the molecule is CCc1ccc(N)c(C#CC(O)C(C)(C)C)c1. The first kappa shape index (κ1) is 13.6. The second kappa shape index (κ2) is 5.25. The Morgan fingerprint density at radius 2 is 2.00 bits per heavy atom. The molecule has 2 heteroatoms. The number of aliphatic hydroxyl groups is 1. The van der Waals surface area contributed by atoms with Crippen LogP contribution in [-0.2, 0) is 6.42 Å². The fraction of sp³-hybridized carbons (Fsp3) is 0.467. The number of nitrogens with two attached hydrogens (primary N) is 1. The fourth-order valence-corrected chi connectivity index (χ4v) is 1.29. The molecule has 1 unspecified atom stereocenters. The molecule has 3 N–H and O–H groups in total. The molecular formula is C15H21NO. The largest absolute Gasteiger partial charge is 0.398 e. The second-order valence-corrected chi connectivity index (χ2v) is 5.31. The summed E-state index contributed by atoms with van der Waals surface area (Å²) in [5.41, 5.74) is 8.29. The number of hydrogen-bond acceptors (Lipinski definition) is 2. The maximum absolute atomic E-state index is 9.85. The molecule has 0 radical (unpaired) electrons. The Balaban J connectivity index is 2.99. The highest BCUT2D eigenvalue weighted by atomic mass is 16.3. The van der Waals surface area contributed by atoms with E-state index < -0.39 is 6.10 Å². The normalized spacial score (nSPS) is 12.8. The van der Waals surface area contributed by atoms with Crippen LogP contribution in [0.1, 0.15) is 38.8 Å². The molecule has 0 spiro atoms. The van der Waals surface area contributed by atoms with Crippen LogP contribution in [0, 0.1) is 17.3 Å². The van der Waals surface area contributed by atoms with Gasteiger partial charge in [-0.05, 0) is 29.5 Å². The molecule has 0 fully saturated rings. The minimum atomic E-state index is -0.646. The number of rotatable bonds is 1. The number of aryl methyl sites for hydroxylation is 1. The Hall–Kier alpha value is -1.46. The van der Waals surface area contributed by atoms with Gasteiger partial charge in [0.05, 0.1) is 0 Å². The quantitative estimate of drug-likeness (QED) is 0.576. The minimum absolute atomic E-state index is 0.232. The van der Waals surface area contributed by atoms with E-state index in [1.54, 1.807) is 0 Å². The van der Waals surface area contributed by atoms with Crippen LogP contribution in [0.3, 0.4) is 0 Å². The van der Waals surface area contributed by atoms with Gasteiger partial charge in [-0.15, -0.1) is 0 Å². The average Bonchev–Trinajstić information content (AvgIpc) is 2.26. The third-order valence-corrected chi connectivity index (χ3v) is 2.69. The second-order valence-electron chi connectivity index (χ2n) is 5.31. The van der Waals surface area contributed by atoms with Crippen molar-refractivity contribution in [2.75, 3.05) is 5.73 Å². The molecule has 0 saturated heterocycles. The van der Waals surface area contributed by atoms with Gasteiger partial charge < -0.3 is 10.8 Å². The van der Waals surface area contributed by atoms with Gasteiger partial charge in [0.2, 0.25) is 0 Å². The van der Waals surface area contributed by atoms with Crippen molar-refractivity contribution >= 4 is 5.69 Å². The number of benzene rings is 1. The summed E-state index contributed by atoms with van der Waals surface area (Å²) in [6.07, 6.45) is 0.309. The molecule has 0 aliphatic carbocycles. The summed E-state index contributed by atoms with van der Waals surface area (Å²) in [7, 11) is 0. The van der Waals surface area contributed by atoms with E-state index >= 15 is 0 Å². The van der Waals surface area contributed by atoms with E-state index in [0.29, 0.717) is 5.69 Å². The van der Waals surface area contributed by atoms with Crippen LogP contribution in [0.25, 0.3) is 0 Å². The summed E-state index contributed by atoms with van der Waals surface area (Å²) in [4.78, 5) is 0. The Labute approximate surface area is 104 Å². The monoisotopic (exact) mass is 231 g/mol. The number of nitrogen functional groups attached to an aromatic ring is 1. The van der Waals surface area contributed by atoms with E-state index in [1.165, 1.54) is 5.56 Å². The Morgan fingerprint density at radius 1 is 1.35 bits per heavy atom. The van der Waals surface area contributed by atoms with Gasteiger partial charge >= 0.3 is 0 Å². The molecule has 1 rings (SSSR count). The third-order valence-electron chi connectivity index (χ3n) is 2.69. The average molecular weight is 231 g/mol. The predicted octanol–water partition coefficient (Wildman–Crippen LogP) is 2.59. The van der Waals surface area contributed by atoms with E-state index in [9.17, 15) is 5.11 Å². The summed E-state index contributed by atoms with van der Waals surface area (Å²) in [6.45, 7) is 7.96. The lowest BCUT2D eigenvalue weighted by Gasteiger charge is -2.20. The van der Waals surface area contributed by atoms with Crippen molar-refractivity contribution < 1.29 is 5.11 Å². The van der Waals surface area contributed by atoms with E-state index in [0.717, 1.165) is 12.0 Å². The predicted molar refractivity (Wildman–Crippen MR) is 72.6 cm³/mol. The van der Waals surface area contributed by atoms with E-state index in [-0.39, 0.29) is 5.41 Å². The highest BCUT2D eigenvalue weighted by molar-refractivity contribution is 5.57. The van der Waals surface area contributed by atoms with Gasteiger partial charge in [0.25, 0.3) is 0 Å². The summed E-state index contributed by atoms with van der Waals surface area (Å²) in [6, 6.07) is 5.85. The maximum atomic E-state index is 9.85. The molecule has 0 amide bonds. The molecule has 1 aromatic rings. The Bertz CT molecular complexity index is 446. The molecule has 0 aliphatic heterocycles. The summed E-state index contributed by atoms with van der Waals surface area (Å²) < 4.78 is 0. The Kier molecular flexibility index (Phi) is 4.20. The standard InChI is InChI=1S/C15H21NO/c1-5-11-6-8-13(16)12(10-11)7-9-14(17)15(2,3)4/h6,8,10,14,17H,5,16H2,1-4H3. The summed E-state index contributed by atoms with van der Waals surface area (Å²) in [5.74, 6) is 5.83. The zero-order valence-corrected chi connectivity index (χ0v) is 11.0. The molecule has 1 aromatic carbocycles. The molecule has 0 aliphatic rings. The molecule has 1 atom stereocenters. The lowest BCUT2D eigenvalue weighted by molar-refractivity contribution is 0.114. The maximum Gasteiger partial charge on any atom is 0.119 e. The smallest absolute Gasteiger partial charge is 0.119 e. The van der Waals surface area contributed by atoms with Crippen molar-refractivity contribution in [1.29, 1.82) is 0 Å². The van der Waals surface area contributed by atoms with Crippen molar-refractivity contribution in [1.82, 2.24) is 0 Å². The number of anilines is 1. The van der Waals surface area contributed by atoms with Gasteiger partial charge in [-0.1, -0.05) is 45.6 Å². The first-order valence-corrected chi connectivity index (χ1v) is 5.92. The fourth-order valence-electron chi connectivity index (χ4n) is 1.29. The molecule has 0 bridgehead atoms. The highest BCUT2D eigenvalue weighted by Crippen LogP contribution is 2.19. The molecule has 17 heavy (non-hydrogen) atoms. The molecular weight excluding hydrogens is 210 g/mol. The highest BCUT2D eigenvalue weighted by Gasteiger charge is 2.19. The van der Waals surface area contributed by atoms with Crippen molar-refractivity contribution in [3.8, 4) is 11.8 Å². The molecule has 0 aromatic heterocycles. The van der Waals surface area contributed by atoms with E-state index in [2.05, 4.69) is 18.8 Å². The van der Waals surface area contributed by atoms with Crippen molar-refractivity contribution in [2.45, 2.75) is 40.2 Å². The van der Waals surface area contributed by atoms with Crippen LogP contribution >= 0.6 is 0 Å². The van der Waals surface area contributed by atoms with Crippen molar-refractivity contribution in [2.24, 2.45) is 5.41 Å². The first-order chi connectivity index (χ1) is 7.84.